The Morgan fingerprint density at radius 3 is 1.16 bits per heavy atom. The van der Waals surface area contributed by atoms with Gasteiger partial charge < -0.3 is 14.4 Å². The molecule has 0 aliphatic carbocycles. The molecular formula is C116H136BN3. The van der Waals surface area contributed by atoms with E-state index in [4.69, 9.17) is 1.37 Å². The van der Waals surface area contributed by atoms with Gasteiger partial charge in [0.2, 0.25) is 0 Å². The van der Waals surface area contributed by atoms with Crippen molar-refractivity contribution in [2.75, 3.05) is 9.80 Å². The third-order valence-corrected chi connectivity index (χ3v) is 24.8. The van der Waals surface area contributed by atoms with Crippen LogP contribution in [0, 0.1) is 0 Å². The van der Waals surface area contributed by atoms with Gasteiger partial charge in [0, 0.05) is 61.5 Å². The van der Waals surface area contributed by atoms with Crippen LogP contribution >= 0.6 is 0 Å². The van der Waals surface area contributed by atoms with Crippen molar-refractivity contribution < 1.29 is 19.2 Å². The van der Waals surface area contributed by atoms with E-state index in [1.807, 2.05) is 95.2 Å². The second-order valence-corrected chi connectivity index (χ2v) is 45.8. The molecule has 13 aromatic rings. The molecular weight excluding hydrogens is 1450 g/mol. The van der Waals surface area contributed by atoms with E-state index < -0.39 is 74.8 Å². The van der Waals surface area contributed by atoms with Gasteiger partial charge in [0.15, 0.2) is 0 Å². The molecule has 4 heteroatoms. The molecule has 15 rings (SSSR count). The minimum absolute atomic E-state index is 0.0197. The monoisotopic (exact) mass is 1600 g/mol. The molecule has 0 N–H and O–H groups in total. The maximum absolute atomic E-state index is 11.8. The molecule has 0 atom stereocenters. The Bertz CT molecular complexity index is 6980. The molecule has 0 spiro atoms. The normalized spacial score (nSPS) is 15.6. The van der Waals surface area contributed by atoms with Crippen LogP contribution in [0.5, 0.6) is 0 Å². The van der Waals surface area contributed by atoms with Gasteiger partial charge in [-0.15, -0.1) is 0 Å². The molecule has 3 nitrogen and oxygen atoms in total. The molecule has 1 aromatic heterocycles. The molecule has 12 aromatic carbocycles. The van der Waals surface area contributed by atoms with Crippen LogP contribution in [-0.4, -0.2) is 11.3 Å². The Morgan fingerprint density at radius 2 is 0.658 bits per heavy atom. The van der Waals surface area contributed by atoms with Crippen LogP contribution in [-0.2, 0) is 59.6 Å². The number of hydrogen-bond acceptors (Lipinski definition) is 2. The molecule has 0 radical (unpaired) electrons. The van der Waals surface area contributed by atoms with Gasteiger partial charge in [0.1, 0.15) is 0 Å². The van der Waals surface area contributed by atoms with E-state index in [1.54, 1.807) is 0 Å². The summed E-state index contributed by atoms with van der Waals surface area (Å²) in [5.41, 5.74) is 13.7. The Hall–Kier alpha value is -9.90. The van der Waals surface area contributed by atoms with Crippen LogP contribution in [0.1, 0.15) is 309 Å². The number of benzene rings is 12. The quantitative estimate of drug-likeness (QED) is 0.141. The highest BCUT2D eigenvalue weighted by Gasteiger charge is 2.48. The van der Waals surface area contributed by atoms with Crippen LogP contribution in [0.3, 0.4) is 0 Å². The predicted octanol–water partition coefficient (Wildman–Crippen LogP) is 31.5. The van der Waals surface area contributed by atoms with E-state index in [-0.39, 0.29) is 126 Å². The molecule has 2 aliphatic rings. The van der Waals surface area contributed by atoms with Crippen molar-refractivity contribution in [3.8, 4) is 61.3 Å². The van der Waals surface area contributed by atoms with Gasteiger partial charge in [-0.05, 0) is 249 Å². The number of hydrogen-bond donors (Lipinski definition) is 0. The van der Waals surface area contributed by atoms with E-state index in [9.17, 15) is 17.8 Å². The highest BCUT2D eigenvalue weighted by Crippen LogP contribution is 2.58. The number of fused-ring (bicyclic) bond motifs is 7. The summed E-state index contributed by atoms with van der Waals surface area (Å²) in [6, 6.07) is 46.7. The zero-order valence-corrected chi connectivity index (χ0v) is 78.2. The first-order chi connectivity index (χ1) is 61.3. The first-order valence-corrected chi connectivity index (χ1v) is 43.4. The lowest BCUT2D eigenvalue weighted by atomic mass is 9.33. The molecule has 0 saturated carbocycles. The van der Waals surface area contributed by atoms with Crippen molar-refractivity contribution in [1.29, 1.82) is 0 Å². The van der Waals surface area contributed by atoms with Gasteiger partial charge in [-0.2, -0.15) is 0 Å². The minimum Gasteiger partial charge on any atom is -0.310 e. The molecule has 0 amide bonds. The van der Waals surface area contributed by atoms with Crippen LogP contribution in [0.2, 0.25) is 0 Å². The van der Waals surface area contributed by atoms with E-state index in [0.29, 0.717) is 45.0 Å². The maximum atomic E-state index is 11.8. The molecule has 120 heavy (non-hydrogen) atoms. The molecule has 0 unspecified atom stereocenters. The van der Waals surface area contributed by atoms with Crippen molar-refractivity contribution in [2.24, 2.45) is 0 Å². The predicted molar refractivity (Wildman–Crippen MR) is 528 cm³/mol. The Balaban J connectivity index is 1.29. The summed E-state index contributed by atoms with van der Waals surface area (Å²) in [5.74, 6) is 0. The Labute approximate surface area is 743 Å². The van der Waals surface area contributed by atoms with Crippen molar-refractivity contribution >= 4 is 79.0 Å². The molecule has 3 heterocycles. The van der Waals surface area contributed by atoms with Crippen LogP contribution in [0.4, 0.5) is 34.1 Å². The number of aromatic nitrogens is 1. The Morgan fingerprint density at radius 1 is 0.242 bits per heavy atom. The fraction of sp³-hybridized carbons (Fsp3) is 0.379. The second kappa shape index (κ2) is 28.9. The van der Waals surface area contributed by atoms with Gasteiger partial charge >= 0.3 is 0 Å². The molecule has 0 bridgehead atoms. The lowest BCUT2D eigenvalue weighted by Crippen LogP contribution is -2.61. The van der Waals surface area contributed by atoms with Gasteiger partial charge in [-0.25, -0.2) is 0 Å². The summed E-state index contributed by atoms with van der Waals surface area (Å²) in [5, 5.41) is 2.07. The maximum Gasteiger partial charge on any atom is 0.252 e. The van der Waals surface area contributed by atoms with Crippen LogP contribution in [0.15, 0.2) is 224 Å². The topological polar surface area (TPSA) is 11.4 Å². The van der Waals surface area contributed by atoms with Gasteiger partial charge in [0.05, 0.1) is 41.6 Å². The fourth-order valence-corrected chi connectivity index (χ4v) is 17.4. The number of rotatable bonds is 8. The Kier molecular flexibility index (Phi) is 16.5. The number of nitrogens with zero attached hydrogens (tertiary/aromatic N) is 3. The second-order valence-electron chi connectivity index (χ2n) is 45.8. The largest absolute Gasteiger partial charge is 0.310 e. The SMILES string of the molecule is [2H]c1c([2H])c([2H])c(-c2ccc3c(c2)N(c2c(-c4ccc(C(C)(C)C)cc4)cc(C(C)(C)C)cc2-c2ccc(C(C)(C)C)cc2C(C)(C)C)c2cc(C(C)(C)C)cc4c2B3c2ccc(-n3c5ccc(C(C)(C)C)cc5c5cc(C(C)(C)C)ccc53)cc2N4c2c(-c3c([2H])c([2H])c(C(C)(C)C)c([2H])c3[2H])c([2H])c(C(C)(C)C)c([2H])c2-c2c([2H])c(C(C)(C)C)c([2H])c([2H])c2C(C)(C)C)c([2H])c1[2H]. The molecule has 0 fully saturated rings. The first-order valence-electron chi connectivity index (χ1n) is 50.4. The summed E-state index contributed by atoms with van der Waals surface area (Å²) < 4.78 is 149. The molecule has 0 saturated heterocycles. The van der Waals surface area contributed by atoms with E-state index >= 15 is 0 Å². The van der Waals surface area contributed by atoms with Crippen molar-refractivity contribution in [3.05, 3.63) is 285 Å². The third-order valence-electron chi connectivity index (χ3n) is 24.8. The van der Waals surface area contributed by atoms with Crippen molar-refractivity contribution in [1.82, 2.24) is 4.57 Å². The van der Waals surface area contributed by atoms with Gasteiger partial charge in [-0.1, -0.05) is 374 Å². The van der Waals surface area contributed by atoms with Gasteiger partial charge in [-0.3, -0.25) is 0 Å². The zero-order valence-electron chi connectivity index (χ0n) is 92.2. The average molecular weight is 1600 g/mol. The van der Waals surface area contributed by atoms with E-state index in [2.05, 4.69) is 287 Å². The number of anilines is 6. The summed E-state index contributed by atoms with van der Waals surface area (Å²) in [6.45, 7) is 69.2. The fourth-order valence-electron chi connectivity index (χ4n) is 17.4. The van der Waals surface area contributed by atoms with Gasteiger partial charge in [0.25, 0.3) is 6.71 Å². The van der Waals surface area contributed by atoms with Crippen molar-refractivity contribution in [3.63, 3.8) is 0 Å². The minimum atomic E-state index is -1.11. The highest BCUT2D eigenvalue weighted by atomic mass is 15.2. The average Bonchev–Trinajstić information content (AvgIpc) is 0.712. The molecule has 618 valence electrons. The smallest absolute Gasteiger partial charge is 0.252 e. The first kappa shape index (κ1) is 68.7. The third kappa shape index (κ3) is 15.6. The van der Waals surface area contributed by atoms with Crippen LogP contribution < -0.4 is 26.2 Å². The summed E-state index contributed by atoms with van der Waals surface area (Å²) in [7, 11) is 0. The summed E-state index contributed by atoms with van der Waals surface area (Å²) in [4.78, 5) is 4.52. The summed E-state index contributed by atoms with van der Waals surface area (Å²) >= 11 is 0. The standard InChI is InChI=1S/C116H136BN3/c1-106(2,3)75-44-39-72(40-45-75)86-63-81(112(19,20)21)65-91(85-53-48-80(111(16,17)18)67-94(85)116(31,32)33)104(86)119-99-59-74(71-37-35-34-36-38-71)43-55-95(99)117-96-56-52-84(118-97-57-50-78(109(10,11)12)61-89(97)90-62-79(110(13,14)15)51-58-98(90)118)70-100(96)120(102-69-83(114(25,26)27)68-101(119)103(102)117)105-87(73-41-46-76(47-42-73)107(4,5)6)64-82(113(22,23)24)66-92(105)88-60-77(108(7,8)9)49-54-93(88)115(28,29)30/h34-70H,1-33H3/i34D,35D,36D,37D,38D,41D,42D,46D,47D,49D,54D,60D,64D,66D. The summed E-state index contributed by atoms with van der Waals surface area (Å²) in [6.07, 6.45) is 0. The molecule has 2 aliphatic heterocycles. The van der Waals surface area contributed by atoms with Crippen molar-refractivity contribution in [2.45, 2.75) is 288 Å². The zero-order chi connectivity index (χ0) is 99.4. The lowest BCUT2D eigenvalue weighted by Gasteiger charge is -2.47. The van der Waals surface area contributed by atoms with E-state index in [0.717, 1.165) is 99.6 Å². The van der Waals surface area contributed by atoms with Crippen LogP contribution in [0.25, 0.3) is 83.1 Å². The van der Waals surface area contributed by atoms with E-state index in [1.165, 1.54) is 0 Å². The highest BCUT2D eigenvalue weighted by molar-refractivity contribution is 7.00. The lowest BCUT2D eigenvalue weighted by molar-refractivity contribution is 0.569.